The standard InChI is InChI=1S/C43H59N7O5S/c1-24-25(2)36(24)40(51)46-33-21-35-47-38(27(4)56-35)28-14-15-34-30(20-28)31(22-43(5,6)23-55-42(53)32-13-10-19-50(48-32)41(33)52)39(49(34)18-11-16-44-7)29-12-9-17-45-37(29)26(3)54-8/h9,12,14-15,17,20,24-27,32-33,36,38,44,48H,10-11,13,16,18-19,21-23H2,1-8H3,(H,46,51)/t24-,25+,26-,27?,32-,33-,36+,38?/m0/s1. The van der Waals surface area contributed by atoms with E-state index in [-0.39, 0.29) is 66.0 Å². The van der Waals surface area contributed by atoms with E-state index in [1.807, 2.05) is 26.2 Å². The zero-order valence-corrected chi connectivity index (χ0v) is 35.0. The topological polar surface area (TPSA) is 139 Å². The molecule has 3 aromatic rings. The molecule has 5 heterocycles. The number of amides is 2. The Bertz CT molecular complexity index is 1990. The molecule has 1 saturated carbocycles. The molecule has 3 N–H and O–H groups in total. The molecule has 4 aliphatic rings. The number of nitrogens with zero attached hydrogens (tertiary/aromatic N) is 4. The molecule has 2 unspecified atom stereocenters. The third kappa shape index (κ3) is 8.14. The second kappa shape index (κ2) is 16.6. The van der Waals surface area contributed by atoms with Crippen LogP contribution in [0, 0.1) is 23.2 Å². The number of hydrogen-bond acceptors (Lipinski definition) is 10. The minimum absolute atomic E-state index is 0.0985. The van der Waals surface area contributed by atoms with Crippen LogP contribution >= 0.6 is 11.8 Å². The minimum Gasteiger partial charge on any atom is -0.464 e. The van der Waals surface area contributed by atoms with Crippen LogP contribution in [0.2, 0.25) is 0 Å². The Labute approximate surface area is 335 Å². The Morgan fingerprint density at radius 2 is 1.96 bits per heavy atom. The fourth-order valence-electron chi connectivity index (χ4n) is 8.81. The predicted octanol–water partition coefficient (Wildman–Crippen LogP) is 5.99. The first kappa shape index (κ1) is 40.4. The average Bonchev–Trinajstić information content (AvgIpc) is 3.47. The van der Waals surface area contributed by atoms with Gasteiger partial charge in [0.2, 0.25) is 5.91 Å². The van der Waals surface area contributed by atoms with Crippen LogP contribution in [-0.2, 0) is 36.8 Å². The van der Waals surface area contributed by atoms with E-state index < -0.39 is 17.5 Å². The predicted molar refractivity (Wildman–Crippen MR) is 221 cm³/mol. The zero-order chi connectivity index (χ0) is 39.9. The number of carbonyl (C=O) groups is 3. The normalized spacial score (nSPS) is 28.4. The third-order valence-corrected chi connectivity index (χ3v) is 13.5. The van der Waals surface area contributed by atoms with Crippen molar-refractivity contribution < 1.29 is 23.9 Å². The number of fused-ring (bicyclic) bond motifs is 5. The van der Waals surface area contributed by atoms with Gasteiger partial charge in [-0.15, -0.1) is 11.8 Å². The third-order valence-electron chi connectivity index (χ3n) is 12.3. The summed E-state index contributed by atoms with van der Waals surface area (Å²) in [5.41, 5.74) is 9.14. The van der Waals surface area contributed by atoms with E-state index in [4.69, 9.17) is 19.5 Å². The fraction of sp³-hybridized carbons (Fsp3) is 0.605. The summed E-state index contributed by atoms with van der Waals surface area (Å²) in [7, 11) is 3.69. The van der Waals surface area contributed by atoms with Gasteiger partial charge in [0, 0.05) is 65.9 Å². The maximum absolute atomic E-state index is 14.2. The highest BCUT2D eigenvalue weighted by molar-refractivity contribution is 8.14. The number of carbonyl (C=O) groups excluding carboxylic acids is 3. The smallest absolute Gasteiger partial charge is 0.324 e. The Balaban J connectivity index is 1.37. The van der Waals surface area contributed by atoms with Crippen molar-refractivity contribution in [3.63, 3.8) is 0 Å². The molecule has 12 nitrogen and oxygen atoms in total. The van der Waals surface area contributed by atoms with Gasteiger partial charge >= 0.3 is 5.97 Å². The Kier molecular flexibility index (Phi) is 12.0. The van der Waals surface area contributed by atoms with Crippen molar-refractivity contribution in [3.05, 3.63) is 53.3 Å². The molecule has 56 heavy (non-hydrogen) atoms. The van der Waals surface area contributed by atoms with E-state index in [2.05, 4.69) is 79.5 Å². The lowest BCUT2D eigenvalue weighted by molar-refractivity contribution is -0.155. The summed E-state index contributed by atoms with van der Waals surface area (Å²) in [5.74, 6) is -0.305. The van der Waals surface area contributed by atoms with E-state index in [1.54, 1.807) is 18.9 Å². The van der Waals surface area contributed by atoms with Crippen molar-refractivity contribution in [1.82, 2.24) is 30.6 Å². The van der Waals surface area contributed by atoms with Gasteiger partial charge in [0.15, 0.2) is 0 Å². The molecule has 6 bridgehead atoms. The van der Waals surface area contributed by atoms with Crippen molar-refractivity contribution in [2.75, 3.05) is 33.9 Å². The monoisotopic (exact) mass is 785 g/mol. The second-order valence-electron chi connectivity index (χ2n) is 17.1. The lowest BCUT2D eigenvalue weighted by Crippen LogP contribution is -2.60. The highest BCUT2D eigenvalue weighted by Crippen LogP contribution is 2.46. The van der Waals surface area contributed by atoms with Crippen LogP contribution in [0.3, 0.4) is 0 Å². The lowest BCUT2D eigenvalue weighted by Gasteiger charge is -2.35. The maximum Gasteiger partial charge on any atom is 0.324 e. The Morgan fingerprint density at radius 3 is 2.70 bits per heavy atom. The largest absolute Gasteiger partial charge is 0.464 e. The van der Waals surface area contributed by atoms with Gasteiger partial charge in [-0.1, -0.05) is 40.7 Å². The van der Waals surface area contributed by atoms with E-state index in [9.17, 15) is 14.4 Å². The van der Waals surface area contributed by atoms with Crippen molar-refractivity contribution in [1.29, 1.82) is 0 Å². The molecule has 1 saturated heterocycles. The zero-order valence-electron chi connectivity index (χ0n) is 34.2. The summed E-state index contributed by atoms with van der Waals surface area (Å²) < 4.78 is 14.4. The summed E-state index contributed by atoms with van der Waals surface area (Å²) in [6.07, 6.45) is 4.63. The van der Waals surface area contributed by atoms with E-state index in [0.717, 1.165) is 58.0 Å². The molecular formula is C43H59N7O5S. The summed E-state index contributed by atoms with van der Waals surface area (Å²) in [6, 6.07) is 9.24. The number of aryl methyl sites for hydroxylation is 1. The molecule has 1 aliphatic carbocycles. The Hall–Kier alpha value is -3.78. The number of ether oxygens (including phenoxy) is 2. The highest BCUT2D eigenvalue weighted by Gasteiger charge is 2.49. The van der Waals surface area contributed by atoms with Gasteiger partial charge in [-0.2, -0.15) is 0 Å². The molecule has 302 valence electrons. The van der Waals surface area contributed by atoms with Crippen LogP contribution in [0.5, 0.6) is 0 Å². The first-order valence-corrected chi connectivity index (χ1v) is 21.3. The van der Waals surface area contributed by atoms with Crippen LogP contribution in [0.1, 0.15) is 96.2 Å². The summed E-state index contributed by atoms with van der Waals surface area (Å²) in [6.45, 7) is 14.9. The number of hydrogen-bond donors (Lipinski definition) is 3. The second-order valence-corrected chi connectivity index (χ2v) is 18.5. The van der Waals surface area contributed by atoms with Crippen molar-refractivity contribution in [2.24, 2.45) is 28.2 Å². The van der Waals surface area contributed by atoms with Gasteiger partial charge < -0.3 is 24.7 Å². The molecular weight excluding hydrogens is 727 g/mol. The van der Waals surface area contributed by atoms with Gasteiger partial charge in [-0.05, 0) is 93.4 Å². The van der Waals surface area contributed by atoms with E-state index in [1.165, 1.54) is 10.6 Å². The first-order chi connectivity index (χ1) is 26.8. The SMILES string of the molecule is CNCCCn1c(-c2cccnc2[C@H](C)OC)c2c3cc(ccc31)C1N=C(C[C@H](NC(=O)[C@H]3[C@H](C)[C@@H]3C)C(=O)N3CCC[C@H](N3)C(=O)OCC(C)(C)C2)SC1C. The molecule has 0 radical (unpaired) electrons. The fourth-order valence-corrected chi connectivity index (χ4v) is 10.0. The van der Waals surface area contributed by atoms with Crippen LogP contribution in [-0.4, -0.2) is 88.6 Å². The minimum atomic E-state index is -0.814. The van der Waals surface area contributed by atoms with E-state index in [0.29, 0.717) is 25.8 Å². The molecule has 3 aliphatic heterocycles. The van der Waals surface area contributed by atoms with Crippen LogP contribution in [0.15, 0.2) is 41.5 Å². The van der Waals surface area contributed by atoms with Gasteiger partial charge in [-0.25, -0.2) is 5.43 Å². The van der Waals surface area contributed by atoms with Crippen LogP contribution in [0.4, 0.5) is 0 Å². The number of nitrogens with one attached hydrogen (secondary N) is 3. The number of aromatic nitrogens is 2. The van der Waals surface area contributed by atoms with Crippen molar-refractivity contribution in [2.45, 2.75) is 110 Å². The number of esters is 1. The number of thioether (sulfide) groups is 1. The number of hydrazine groups is 1. The molecule has 13 heteroatoms. The number of cyclic esters (lactones) is 1. The van der Waals surface area contributed by atoms with E-state index >= 15 is 0 Å². The number of benzene rings is 1. The molecule has 2 amide bonds. The Morgan fingerprint density at radius 1 is 1.18 bits per heavy atom. The lowest BCUT2D eigenvalue weighted by atomic mass is 9.84. The maximum atomic E-state index is 14.2. The molecule has 8 atom stereocenters. The summed E-state index contributed by atoms with van der Waals surface area (Å²) in [5, 5.41) is 10.0. The number of rotatable bonds is 9. The molecule has 2 aromatic heterocycles. The quantitative estimate of drug-likeness (QED) is 0.176. The average molecular weight is 786 g/mol. The van der Waals surface area contributed by atoms with Gasteiger partial charge in [0.1, 0.15) is 12.1 Å². The molecule has 7 rings (SSSR count). The van der Waals surface area contributed by atoms with Gasteiger partial charge in [0.25, 0.3) is 5.91 Å². The van der Waals surface area contributed by atoms with Crippen molar-refractivity contribution in [3.8, 4) is 11.3 Å². The number of pyridine rings is 1. The van der Waals surface area contributed by atoms with Gasteiger partial charge in [0.05, 0.1) is 35.2 Å². The van der Waals surface area contributed by atoms with Gasteiger partial charge in [-0.3, -0.25) is 29.4 Å². The summed E-state index contributed by atoms with van der Waals surface area (Å²) >= 11 is 1.67. The first-order valence-electron chi connectivity index (χ1n) is 20.4. The highest BCUT2D eigenvalue weighted by atomic mass is 32.2. The van der Waals surface area contributed by atoms with Crippen molar-refractivity contribution >= 4 is 45.5 Å². The molecule has 2 fully saturated rings. The van der Waals surface area contributed by atoms with Crippen LogP contribution in [0.25, 0.3) is 22.2 Å². The number of aliphatic imine (C=N–C) groups is 1. The molecule has 0 spiro atoms. The van der Waals surface area contributed by atoms with Crippen LogP contribution < -0.4 is 16.1 Å². The summed E-state index contributed by atoms with van der Waals surface area (Å²) in [4.78, 5) is 51.6. The number of methoxy groups -OCH3 is 1. The molecule has 1 aromatic carbocycles.